The molecule has 0 spiro atoms. The second-order valence-electron chi connectivity index (χ2n) is 7.01. The molecule has 0 aliphatic heterocycles. The van der Waals surface area contributed by atoms with Crippen molar-refractivity contribution >= 4 is 15.7 Å². The van der Waals surface area contributed by atoms with Crippen LogP contribution in [0.15, 0.2) is 65.7 Å². The molecule has 4 aromatic rings. The molecule has 0 saturated carbocycles. The van der Waals surface area contributed by atoms with Gasteiger partial charge in [-0.3, -0.25) is 0 Å². The number of aromatic nitrogens is 3. The minimum Gasteiger partial charge on any atom is -0.495 e. The fourth-order valence-corrected chi connectivity index (χ4v) is 4.59. The van der Waals surface area contributed by atoms with Gasteiger partial charge in [-0.05, 0) is 43.2 Å². The average Bonchev–Trinajstić information content (AvgIpc) is 3.17. The van der Waals surface area contributed by atoms with E-state index in [1.165, 1.54) is 7.11 Å². The highest BCUT2D eigenvalue weighted by Gasteiger charge is 2.21. The molecule has 7 nitrogen and oxygen atoms in total. The third-order valence-electron chi connectivity index (χ3n) is 4.85. The Kier molecular flexibility index (Phi) is 5.27. The summed E-state index contributed by atoms with van der Waals surface area (Å²) in [6.45, 7) is 4.06. The molecule has 0 aliphatic rings. The molecule has 1 N–H and O–H groups in total. The van der Waals surface area contributed by atoms with Crippen molar-refractivity contribution in [2.24, 2.45) is 0 Å². The Bertz CT molecular complexity index is 1320. The fraction of sp³-hybridized carbons (Fsp3) is 0.182. The number of benzene rings is 2. The highest BCUT2D eigenvalue weighted by atomic mass is 32.2. The molecule has 8 heteroatoms. The lowest BCUT2D eigenvalue weighted by Gasteiger charge is -2.12. The Labute approximate surface area is 175 Å². The van der Waals surface area contributed by atoms with Gasteiger partial charge in [0.2, 0.25) is 10.0 Å². The molecule has 2 aromatic heterocycles. The monoisotopic (exact) mass is 422 g/mol. The fourth-order valence-electron chi connectivity index (χ4n) is 3.38. The quantitative estimate of drug-likeness (QED) is 0.514. The summed E-state index contributed by atoms with van der Waals surface area (Å²) in [6.07, 6.45) is 1.70. The van der Waals surface area contributed by atoms with E-state index in [1.807, 2.05) is 56.3 Å². The van der Waals surface area contributed by atoms with Gasteiger partial charge < -0.3 is 4.74 Å². The number of ether oxygens (including phenoxy) is 1. The molecular weight excluding hydrogens is 400 g/mol. The lowest BCUT2D eigenvalue weighted by atomic mass is 10.1. The van der Waals surface area contributed by atoms with Gasteiger partial charge >= 0.3 is 0 Å². The molecule has 0 atom stereocenters. The number of sulfonamides is 1. The summed E-state index contributed by atoms with van der Waals surface area (Å²) in [4.78, 5) is 4.66. The summed E-state index contributed by atoms with van der Waals surface area (Å²) < 4.78 is 35.8. The summed E-state index contributed by atoms with van der Waals surface area (Å²) in [7, 11) is -2.35. The maximum absolute atomic E-state index is 13.1. The van der Waals surface area contributed by atoms with E-state index >= 15 is 0 Å². The van der Waals surface area contributed by atoms with Crippen molar-refractivity contribution in [3.8, 4) is 16.9 Å². The molecule has 0 radical (unpaired) electrons. The van der Waals surface area contributed by atoms with E-state index in [-0.39, 0.29) is 17.2 Å². The lowest BCUT2D eigenvalue weighted by molar-refractivity contribution is 0.402. The zero-order valence-corrected chi connectivity index (χ0v) is 17.8. The minimum atomic E-state index is -3.81. The van der Waals surface area contributed by atoms with Crippen LogP contribution in [-0.2, 0) is 16.6 Å². The van der Waals surface area contributed by atoms with Crippen LogP contribution in [0.1, 0.15) is 17.0 Å². The number of nitrogens with one attached hydrogen (secondary N) is 1. The predicted octanol–water partition coefficient (Wildman–Crippen LogP) is 3.50. The van der Waals surface area contributed by atoms with Crippen LogP contribution in [-0.4, -0.2) is 30.1 Å². The standard InChI is InChI=1S/C22H22N4O3S/c1-15-11-16(2)26-22(25-15)19(14-23-26)18-9-10-20(29-3)21(12-18)30(27,28)24-13-17-7-5-4-6-8-17/h4-12,14,24H,13H2,1-3H3. The van der Waals surface area contributed by atoms with E-state index in [9.17, 15) is 8.42 Å². The van der Waals surface area contributed by atoms with Crippen molar-refractivity contribution in [2.75, 3.05) is 7.11 Å². The largest absolute Gasteiger partial charge is 0.495 e. The molecule has 0 saturated heterocycles. The van der Waals surface area contributed by atoms with Crippen LogP contribution in [0.4, 0.5) is 0 Å². The summed E-state index contributed by atoms with van der Waals surface area (Å²) >= 11 is 0. The predicted molar refractivity (Wildman–Crippen MR) is 115 cm³/mol. The molecule has 2 aromatic carbocycles. The van der Waals surface area contributed by atoms with E-state index in [0.717, 1.165) is 22.5 Å². The summed E-state index contributed by atoms with van der Waals surface area (Å²) in [5, 5.41) is 4.40. The molecule has 154 valence electrons. The third-order valence-corrected chi connectivity index (χ3v) is 6.27. The summed E-state index contributed by atoms with van der Waals surface area (Å²) in [5.74, 6) is 0.274. The van der Waals surface area contributed by atoms with Gasteiger partial charge in [0.05, 0.1) is 13.3 Å². The highest BCUT2D eigenvalue weighted by molar-refractivity contribution is 7.89. The van der Waals surface area contributed by atoms with Crippen molar-refractivity contribution in [1.82, 2.24) is 19.3 Å². The van der Waals surface area contributed by atoms with Gasteiger partial charge in [-0.1, -0.05) is 36.4 Å². The van der Waals surface area contributed by atoms with Crippen LogP contribution in [0.3, 0.4) is 0 Å². The maximum Gasteiger partial charge on any atom is 0.244 e. The van der Waals surface area contributed by atoms with E-state index in [1.54, 1.807) is 22.8 Å². The van der Waals surface area contributed by atoms with Gasteiger partial charge in [0.15, 0.2) is 5.65 Å². The topological polar surface area (TPSA) is 85.6 Å². The minimum absolute atomic E-state index is 0.0714. The molecule has 0 amide bonds. The lowest BCUT2D eigenvalue weighted by Crippen LogP contribution is -2.23. The second kappa shape index (κ2) is 7.89. The SMILES string of the molecule is COc1ccc(-c2cnn3c(C)cc(C)nc23)cc1S(=O)(=O)NCc1ccccc1. The number of nitrogens with zero attached hydrogens (tertiary/aromatic N) is 3. The Morgan fingerprint density at radius 2 is 1.83 bits per heavy atom. The molecule has 2 heterocycles. The molecule has 30 heavy (non-hydrogen) atoms. The smallest absolute Gasteiger partial charge is 0.244 e. The Morgan fingerprint density at radius 1 is 1.07 bits per heavy atom. The first-order valence-corrected chi connectivity index (χ1v) is 10.9. The average molecular weight is 423 g/mol. The van der Waals surface area contributed by atoms with E-state index in [2.05, 4.69) is 14.8 Å². The molecular formula is C22H22N4O3S. The number of methoxy groups -OCH3 is 1. The number of hydrogen-bond acceptors (Lipinski definition) is 5. The van der Waals surface area contributed by atoms with Crippen LogP contribution in [0.25, 0.3) is 16.8 Å². The zero-order chi connectivity index (χ0) is 21.3. The number of fused-ring (bicyclic) bond motifs is 1. The van der Waals surface area contributed by atoms with Gasteiger partial charge in [0.1, 0.15) is 10.6 Å². The van der Waals surface area contributed by atoms with Crippen molar-refractivity contribution in [2.45, 2.75) is 25.3 Å². The van der Waals surface area contributed by atoms with Crippen molar-refractivity contribution in [1.29, 1.82) is 0 Å². The first kappa shape index (κ1) is 20.1. The van der Waals surface area contributed by atoms with Crippen molar-refractivity contribution in [3.05, 3.63) is 77.7 Å². The highest BCUT2D eigenvalue weighted by Crippen LogP contribution is 2.32. The van der Waals surface area contributed by atoms with Gasteiger partial charge in [-0.25, -0.2) is 22.6 Å². The first-order chi connectivity index (χ1) is 14.4. The Balaban J connectivity index is 1.76. The van der Waals surface area contributed by atoms with Gasteiger partial charge in [-0.2, -0.15) is 5.10 Å². The van der Waals surface area contributed by atoms with Crippen LogP contribution in [0, 0.1) is 13.8 Å². The number of rotatable bonds is 6. The Hall–Kier alpha value is -3.23. The van der Waals surface area contributed by atoms with Crippen LogP contribution in [0.2, 0.25) is 0 Å². The zero-order valence-electron chi connectivity index (χ0n) is 17.0. The van der Waals surface area contributed by atoms with Crippen LogP contribution in [0.5, 0.6) is 5.75 Å². The molecule has 0 aliphatic carbocycles. The maximum atomic E-state index is 13.1. The molecule has 4 rings (SSSR count). The van der Waals surface area contributed by atoms with Crippen LogP contribution >= 0.6 is 0 Å². The second-order valence-corrected chi connectivity index (χ2v) is 8.74. The molecule has 0 unspecified atom stereocenters. The Morgan fingerprint density at radius 3 is 2.57 bits per heavy atom. The van der Waals surface area contributed by atoms with Gasteiger partial charge in [0.25, 0.3) is 0 Å². The van der Waals surface area contributed by atoms with E-state index in [0.29, 0.717) is 11.2 Å². The number of hydrogen-bond donors (Lipinski definition) is 1. The molecule has 0 bridgehead atoms. The normalized spacial score (nSPS) is 11.7. The van der Waals surface area contributed by atoms with E-state index in [4.69, 9.17) is 4.74 Å². The van der Waals surface area contributed by atoms with Gasteiger partial charge in [-0.15, -0.1) is 0 Å². The first-order valence-electron chi connectivity index (χ1n) is 9.43. The van der Waals surface area contributed by atoms with Crippen molar-refractivity contribution in [3.63, 3.8) is 0 Å². The van der Waals surface area contributed by atoms with Crippen LogP contribution < -0.4 is 9.46 Å². The van der Waals surface area contributed by atoms with E-state index < -0.39 is 10.0 Å². The summed E-state index contributed by atoms with van der Waals surface area (Å²) in [5.41, 5.74) is 4.82. The van der Waals surface area contributed by atoms with Crippen molar-refractivity contribution < 1.29 is 13.2 Å². The third kappa shape index (κ3) is 3.79. The summed E-state index contributed by atoms with van der Waals surface area (Å²) in [6, 6.07) is 16.4. The molecule has 0 fully saturated rings. The number of aryl methyl sites for hydroxylation is 2. The van der Waals surface area contributed by atoms with Gasteiger partial charge in [0, 0.05) is 23.5 Å².